The van der Waals surface area contributed by atoms with E-state index < -0.39 is 0 Å². The largest absolute Gasteiger partial charge is 0.377 e. The Morgan fingerprint density at radius 1 is 1.75 bits per heavy atom. The van der Waals surface area contributed by atoms with Gasteiger partial charge in [0.2, 0.25) is 5.84 Å². The molecule has 62 valence electrons. The first-order chi connectivity index (χ1) is 5.77. The standard InChI is InChI=1S/C7H8N4S/c1-10-11-7(9)5-2-6(3-8)12-4-5/h2,4H,3,8H2,(H2,9,11). The molecule has 1 rings (SSSR count). The highest BCUT2D eigenvalue weighted by Crippen LogP contribution is 2.13. The molecule has 0 amide bonds. The van der Waals surface area contributed by atoms with E-state index in [2.05, 4.69) is 10.1 Å². The molecule has 0 bridgehead atoms. The molecule has 5 heteroatoms. The SMILES string of the molecule is [C-]#[N+]/N=C(\N)c1csc(CN)c1. The average molecular weight is 180 g/mol. The zero-order valence-electron chi connectivity index (χ0n) is 6.32. The van der Waals surface area contributed by atoms with Crippen LogP contribution >= 0.6 is 11.3 Å². The Hall–Kier alpha value is -1.38. The van der Waals surface area contributed by atoms with Gasteiger partial charge in [0, 0.05) is 22.4 Å². The Bertz CT molecular complexity index is 333. The monoisotopic (exact) mass is 180 g/mol. The van der Waals surface area contributed by atoms with Crippen LogP contribution in [0.3, 0.4) is 0 Å². The summed E-state index contributed by atoms with van der Waals surface area (Å²) in [7, 11) is 0. The third kappa shape index (κ3) is 1.81. The van der Waals surface area contributed by atoms with Crippen LogP contribution in [0.5, 0.6) is 0 Å². The molecule has 0 spiro atoms. The predicted molar refractivity (Wildman–Crippen MR) is 49.5 cm³/mol. The quantitative estimate of drug-likeness (QED) is 0.305. The molecule has 0 atom stereocenters. The number of hydrogen-bond acceptors (Lipinski definition) is 3. The molecule has 0 aliphatic heterocycles. The molecule has 0 unspecified atom stereocenters. The molecule has 0 radical (unpaired) electrons. The number of thiophene rings is 1. The Labute approximate surface area is 74.3 Å². The fourth-order valence-corrected chi connectivity index (χ4v) is 1.49. The Balaban J connectivity index is 2.90. The van der Waals surface area contributed by atoms with Crippen LogP contribution in [0.4, 0.5) is 0 Å². The maximum atomic E-state index is 6.47. The lowest BCUT2D eigenvalue weighted by Crippen LogP contribution is -2.11. The van der Waals surface area contributed by atoms with Crippen molar-refractivity contribution in [3.63, 3.8) is 0 Å². The number of amidine groups is 1. The van der Waals surface area contributed by atoms with Crippen LogP contribution in [0.1, 0.15) is 10.4 Å². The molecule has 4 N–H and O–H groups in total. The number of nitrogens with two attached hydrogens (primary N) is 2. The molecule has 4 nitrogen and oxygen atoms in total. The van der Waals surface area contributed by atoms with Gasteiger partial charge in [0.1, 0.15) is 5.10 Å². The first-order valence-corrected chi connectivity index (χ1v) is 4.13. The maximum Gasteiger partial charge on any atom is 0.214 e. The fraction of sp³-hybridized carbons (Fsp3) is 0.143. The van der Waals surface area contributed by atoms with Crippen LogP contribution in [-0.4, -0.2) is 5.84 Å². The van der Waals surface area contributed by atoms with Crippen LogP contribution < -0.4 is 11.5 Å². The summed E-state index contributed by atoms with van der Waals surface area (Å²) in [5.74, 6) is 0.251. The van der Waals surface area contributed by atoms with Gasteiger partial charge in [-0.15, -0.1) is 16.3 Å². The third-order valence-electron chi connectivity index (χ3n) is 1.31. The molecule has 0 saturated heterocycles. The Morgan fingerprint density at radius 3 is 3.00 bits per heavy atom. The molecule has 1 aromatic rings. The first-order valence-electron chi connectivity index (χ1n) is 3.25. The lowest BCUT2D eigenvalue weighted by atomic mass is 10.3. The molecular formula is C7H8N4S. The van der Waals surface area contributed by atoms with Crippen molar-refractivity contribution in [3.8, 4) is 0 Å². The zero-order chi connectivity index (χ0) is 8.97. The van der Waals surface area contributed by atoms with Gasteiger partial charge in [-0.25, -0.2) is 0 Å². The molecule has 0 fully saturated rings. The van der Waals surface area contributed by atoms with Crippen molar-refractivity contribution < 1.29 is 0 Å². The van der Waals surface area contributed by atoms with E-state index in [0.717, 1.165) is 10.4 Å². The van der Waals surface area contributed by atoms with E-state index in [1.807, 2.05) is 11.4 Å². The smallest absolute Gasteiger partial charge is 0.214 e. The van der Waals surface area contributed by atoms with Crippen molar-refractivity contribution in [2.75, 3.05) is 0 Å². The summed E-state index contributed by atoms with van der Waals surface area (Å²) in [6, 6.07) is 1.84. The van der Waals surface area contributed by atoms with Crippen molar-refractivity contribution in [3.05, 3.63) is 33.4 Å². The first kappa shape index (κ1) is 8.71. The minimum atomic E-state index is 0.251. The van der Waals surface area contributed by atoms with E-state index in [1.165, 1.54) is 11.3 Å². The molecule has 0 aliphatic rings. The van der Waals surface area contributed by atoms with Gasteiger partial charge in [-0.1, -0.05) is 0 Å². The summed E-state index contributed by atoms with van der Waals surface area (Å²) >= 11 is 1.52. The average Bonchev–Trinajstić information content (AvgIpc) is 2.52. The second-order valence-electron chi connectivity index (χ2n) is 2.09. The lowest BCUT2D eigenvalue weighted by molar-refractivity contribution is 1.11. The van der Waals surface area contributed by atoms with Gasteiger partial charge in [0.25, 0.3) is 0 Å². The van der Waals surface area contributed by atoms with Crippen LogP contribution in [-0.2, 0) is 6.54 Å². The zero-order valence-corrected chi connectivity index (χ0v) is 7.14. The number of hydrogen-bond donors (Lipinski definition) is 2. The van der Waals surface area contributed by atoms with E-state index in [-0.39, 0.29) is 5.84 Å². The van der Waals surface area contributed by atoms with Gasteiger partial charge in [-0.2, -0.15) is 6.57 Å². The molecular weight excluding hydrogens is 172 g/mol. The molecule has 0 aromatic carbocycles. The number of rotatable bonds is 2. The van der Waals surface area contributed by atoms with Crippen molar-refractivity contribution in [1.29, 1.82) is 0 Å². The topological polar surface area (TPSA) is 68.8 Å². The van der Waals surface area contributed by atoms with E-state index >= 15 is 0 Å². The van der Waals surface area contributed by atoms with Gasteiger partial charge in [0.05, 0.1) is 0 Å². The molecule has 0 aliphatic carbocycles. The second-order valence-corrected chi connectivity index (χ2v) is 3.09. The second kappa shape index (κ2) is 3.85. The summed E-state index contributed by atoms with van der Waals surface area (Å²) in [4.78, 5) is 3.87. The van der Waals surface area contributed by atoms with Crippen molar-refractivity contribution in [2.45, 2.75) is 6.54 Å². The van der Waals surface area contributed by atoms with Crippen LogP contribution in [0, 0.1) is 6.57 Å². The highest BCUT2D eigenvalue weighted by molar-refractivity contribution is 7.10. The van der Waals surface area contributed by atoms with Gasteiger partial charge < -0.3 is 11.5 Å². The van der Waals surface area contributed by atoms with Crippen molar-refractivity contribution >= 4 is 17.2 Å². The summed E-state index contributed by atoms with van der Waals surface area (Å²) in [6.07, 6.45) is 0. The predicted octanol–water partition coefficient (Wildman–Crippen LogP) is 0.746. The minimum absolute atomic E-state index is 0.251. The molecule has 1 aromatic heterocycles. The third-order valence-corrected chi connectivity index (χ3v) is 2.27. The van der Waals surface area contributed by atoms with E-state index in [4.69, 9.17) is 18.0 Å². The minimum Gasteiger partial charge on any atom is -0.377 e. The van der Waals surface area contributed by atoms with Crippen LogP contribution in [0.25, 0.3) is 4.95 Å². The Kier molecular flexibility index (Phi) is 2.80. The van der Waals surface area contributed by atoms with Gasteiger partial charge >= 0.3 is 0 Å². The number of nitrogens with zero attached hydrogens (tertiary/aromatic N) is 2. The van der Waals surface area contributed by atoms with Gasteiger partial charge in [0.15, 0.2) is 0 Å². The van der Waals surface area contributed by atoms with Gasteiger partial charge in [-0.05, 0) is 6.07 Å². The van der Waals surface area contributed by atoms with Crippen molar-refractivity contribution in [1.82, 2.24) is 0 Å². The highest BCUT2D eigenvalue weighted by Gasteiger charge is 2.03. The summed E-state index contributed by atoms with van der Waals surface area (Å²) in [5, 5.41) is 5.23. The van der Waals surface area contributed by atoms with E-state index in [1.54, 1.807) is 0 Å². The van der Waals surface area contributed by atoms with Gasteiger partial charge in [-0.3, -0.25) is 0 Å². The van der Waals surface area contributed by atoms with Crippen LogP contribution in [0.2, 0.25) is 0 Å². The highest BCUT2D eigenvalue weighted by atomic mass is 32.1. The summed E-state index contributed by atoms with van der Waals surface area (Å²) < 4.78 is 0. The Morgan fingerprint density at radius 2 is 2.50 bits per heavy atom. The molecule has 1 heterocycles. The molecule has 0 saturated carbocycles. The normalized spacial score (nSPS) is 11.2. The van der Waals surface area contributed by atoms with Crippen LogP contribution in [0.15, 0.2) is 16.5 Å². The molecule has 12 heavy (non-hydrogen) atoms. The van der Waals surface area contributed by atoms with Crippen molar-refractivity contribution in [2.24, 2.45) is 16.6 Å². The van der Waals surface area contributed by atoms with E-state index in [9.17, 15) is 0 Å². The lowest BCUT2D eigenvalue weighted by Gasteiger charge is -1.86. The summed E-state index contributed by atoms with van der Waals surface area (Å²) in [6.45, 7) is 6.97. The maximum absolute atomic E-state index is 6.47. The summed E-state index contributed by atoms with van der Waals surface area (Å²) in [5.41, 5.74) is 11.7. The van der Waals surface area contributed by atoms with E-state index in [0.29, 0.717) is 6.54 Å². The fourth-order valence-electron chi connectivity index (χ4n) is 0.734.